The van der Waals surface area contributed by atoms with Crippen LogP contribution in [0.1, 0.15) is 6.42 Å². The average Bonchev–Trinajstić information content (AvgIpc) is 2.64. The first kappa shape index (κ1) is 8.17. The minimum Gasteiger partial charge on any atom is -0.377 e. The minimum absolute atomic E-state index is 0.156. The van der Waals surface area contributed by atoms with Gasteiger partial charge in [0.1, 0.15) is 0 Å². The van der Waals surface area contributed by atoms with E-state index in [1.807, 2.05) is 0 Å². The number of hydrogen-bond donors (Lipinski definition) is 1. The second-order valence-corrected chi connectivity index (χ2v) is 4.42. The van der Waals surface area contributed by atoms with Gasteiger partial charge in [-0.05, 0) is 6.42 Å². The van der Waals surface area contributed by atoms with Crippen LogP contribution in [-0.4, -0.2) is 55.5 Å². The molecule has 4 nitrogen and oxygen atoms in total. The summed E-state index contributed by atoms with van der Waals surface area (Å²) in [4.78, 5) is 2.52. The van der Waals surface area contributed by atoms with E-state index in [-0.39, 0.29) is 5.54 Å². The molecule has 0 amide bonds. The molecule has 0 radical (unpaired) electrons. The molecule has 0 spiro atoms. The number of nitrogens with zero attached hydrogens (tertiary/aromatic N) is 1. The van der Waals surface area contributed by atoms with Crippen molar-refractivity contribution in [2.24, 2.45) is 5.73 Å². The molecule has 0 aliphatic carbocycles. The predicted molar refractivity (Wildman–Crippen MR) is 47.5 cm³/mol. The average molecular weight is 184 g/mol. The molecule has 3 rings (SSSR count). The Balaban J connectivity index is 1.78. The maximum Gasteiger partial charge on any atom is 0.0806 e. The highest BCUT2D eigenvalue weighted by molar-refractivity contribution is 5.06. The number of ether oxygens (including phenoxy) is 2. The Morgan fingerprint density at radius 3 is 2.69 bits per heavy atom. The van der Waals surface area contributed by atoms with Crippen LogP contribution in [0, 0.1) is 0 Å². The van der Waals surface area contributed by atoms with Crippen molar-refractivity contribution in [3.63, 3.8) is 0 Å². The van der Waals surface area contributed by atoms with Crippen LogP contribution in [0.5, 0.6) is 0 Å². The Morgan fingerprint density at radius 1 is 1.46 bits per heavy atom. The van der Waals surface area contributed by atoms with Crippen molar-refractivity contribution in [1.29, 1.82) is 0 Å². The van der Waals surface area contributed by atoms with Gasteiger partial charge in [-0.25, -0.2) is 0 Å². The van der Waals surface area contributed by atoms with E-state index < -0.39 is 0 Å². The van der Waals surface area contributed by atoms with Gasteiger partial charge in [-0.15, -0.1) is 0 Å². The van der Waals surface area contributed by atoms with Gasteiger partial charge in [-0.1, -0.05) is 0 Å². The highest BCUT2D eigenvalue weighted by Gasteiger charge is 2.52. The summed E-state index contributed by atoms with van der Waals surface area (Å²) in [6.07, 6.45) is 1.66. The summed E-state index contributed by atoms with van der Waals surface area (Å²) in [5.41, 5.74) is 5.97. The third kappa shape index (κ3) is 1.00. The summed E-state index contributed by atoms with van der Waals surface area (Å²) >= 11 is 0. The van der Waals surface area contributed by atoms with Crippen molar-refractivity contribution < 1.29 is 9.47 Å². The zero-order chi connectivity index (χ0) is 8.89. The summed E-state index contributed by atoms with van der Waals surface area (Å²) < 4.78 is 10.9. The van der Waals surface area contributed by atoms with Gasteiger partial charge in [0, 0.05) is 19.1 Å². The predicted octanol–water partition coefficient (Wildman–Crippen LogP) is -0.813. The van der Waals surface area contributed by atoms with Gasteiger partial charge in [0.2, 0.25) is 0 Å². The van der Waals surface area contributed by atoms with Crippen molar-refractivity contribution >= 4 is 0 Å². The highest BCUT2D eigenvalue weighted by Crippen LogP contribution is 2.36. The van der Waals surface area contributed by atoms with Crippen LogP contribution in [-0.2, 0) is 9.47 Å². The third-order valence-electron chi connectivity index (χ3n) is 3.63. The number of fused-ring (bicyclic) bond motifs is 2. The van der Waals surface area contributed by atoms with E-state index in [0.29, 0.717) is 12.1 Å². The number of nitrogens with two attached hydrogens (primary N) is 1. The van der Waals surface area contributed by atoms with Gasteiger partial charge in [0.25, 0.3) is 0 Å². The normalized spacial score (nSPS) is 42.2. The highest BCUT2D eigenvalue weighted by atomic mass is 16.5. The maximum atomic E-state index is 5.82. The zero-order valence-corrected chi connectivity index (χ0v) is 7.74. The molecule has 0 aromatic heterocycles. The number of morpholine rings is 1. The number of hydrogen-bond acceptors (Lipinski definition) is 4. The van der Waals surface area contributed by atoms with Crippen LogP contribution in [0.15, 0.2) is 0 Å². The number of rotatable bonds is 2. The Morgan fingerprint density at radius 2 is 2.31 bits per heavy atom. The molecule has 0 saturated carbocycles. The second-order valence-electron chi connectivity index (χ2n) is 4.42. The molecule has 2 unspecified atom stereocenters. The van der Waals surface area contributed by atoms with Crippen molar-refractivity contribution in [2.45, 2.75) is 24.1 Å². The molecule has 3 heterocycles. The Kier molecular flexibility index (Phi) is 1.68. The van der Waals surface area contributed by atoms with E-state index in [1.54, 1.807) is 0 Å². The molecule has 74 valence electrons. The maximum absolute atomic E-state index is 5.82. The van der Waals surface area contributed by atoms with E-state index >= 15 is 0 Å². The molecular formula is C9H16N2O2. The summed E-state index contributed by atoms with van der Waals surface area (Å²) in [5.74, 6) is 0. The van der Waals surface area contributed by atoms with Gasteiger partial charge in [0.15, 0.2) is 0 Å². The molecule has 2 bridgehead atoms. The molecule has 3 saturated heterocycles. The summed E-state index contributed by atoms with van der Waals surface area (Å²) in [6, 6.07) is 0.609. The smallest absolute Gasteiger partial charge is 0.0806 e. The van der Waals surface area contributed by atoms with E-state index in [1.165, 1.54) is 6.42 Å². The quantitative estimate of drug-likeness (QED) is 0.609. The molecule has 0 aromatic rings. The van der Waals surface area contributed by atoms with Crippen LogP contribution in [0.4, 0.5) is 0 Å². The molecule has 3 fully saturated rings. The molecule has 4 heteroatoms. The Labute approximate surface area is 78.0 Å². The van der Waals surface area contributed by atoms with E-state index in [4.69, 9.17) is 15.2 Å². The first-order valence-corrected chi connectivity index (χ1v) is 5.00. The lowest BCUT2D eigenvalue weighted by Gasteiger charge is -2.50. The topological polar surface area (TPSA) is 47.7 Å². The summed E-state index contributed by atoms with van der Waals surface area (Å²) in [5, 5.41) is 0. The number of likely N-dealkylation sites (tertiary alicyclic amines) is 1. The van der Waals surface area contributed by atoms with Crippen LogP contribution >= 0.6 is 0 Å². The fraction of sp³-hybridized carbons (Fsp3) is 1.00. The first-order valence-electron chi connectivity index (χ1n) is 5.00. The second kappa shape index (κ2) is 2.67. The Bertz CT molecular complexity index is 212. The van der Waals surface area contributed by atoms with Gasteiger partial charge < -0.3 is 15.2 Å². The standard InChI is InChI=1S/C9H16N2O2/c10-4-9(5-12-6-9)11-2-8-1-7(11)3-13-8/h7-8H,1-6,10H2. The molecular weight excluding hydrogens is 168 g/mol. The van der Waals surface area contributed by atoms with Crippen molar-refractivity contribution in [3.05, 3.63) is 0 Å². The SMILES string of the molecule is NCC1(N2CC3CC2CO3)COC1. The van der Waals surface area contributed by atoms with Gasteiger partial charge in [-0.3, -0.25) is 4.90 Å². The van der Waals surface area contributed by atoms with E-state index in [9.17, 15) is 0 Å². The third-order valence-corrected chi connectivity index (χ3v) is 3.63. The fourth-order valence-electron chi connectivity index (χ4n) is 2.72. The molecule has 3 aliphatic heterocycles. The van der Waals surface area contributed by atoms with Crippen LogP contribution in [0.2, 0.25) is 0 Å². The summed E-state index contributed by atoms with van der Waals surface area (Å²) in [6.45, 7) is 4.30. The monoisotopic (exact) mass is 184 g/mol. The van der Waals surface area contributed by atoms with Gasteiger partial charge in [0.05, 0.1) is 31.5 Å². The lowest BCUT2D eigenvalue weighted by atomic mass is 9.94. The molecule has 2 atom stereocenters. The molecule has 3 aliphatic rings. The molecule has 13 heavy (non-hydrogen) atoms. The van der Waals surface area contributed by atoms with Crippen molar-refractivity contribution in [2.75, 3.05) is 32.9 Å². The van der Waals surface area contributed by atoms with Crippen LogP contribution in [0.3, 0.4) is 0 Å². The Hall–Kier alpha value is -0.160. The lowest BCUT2D eigenvalue weighted by Crippen LogP contribution is -2.68. The fourth-order valence-corrected chi connectivity index (χ4v) is 2.72. The van der Waals surface area contributed by atoms with E-state index in [0.717, 1.165) is 32.9 Å². The zero-order valence-electron chi connectivity index (χ0n) is 7.74. The van der Waals surface area contributed by atoms with Gasteiger partial charge >= 0.3 is 0 Å². The molecule has 2 N–H and O–H groups in total. The van der Waals surface area contributed by atoms with Crippen molar-refractivity contribution in [1.82, 2.24) is 4.90 Å². The van der Waals surface area contributed by atoms with Crippen LogP contribution in [0.25, 0.3) is 0 Å². The minimum atomic E-state index is 0.156. The van der Waals surface area contributed by atoms with Crippen molar-refractivity contribution in [3.8, 4) is 0 Å². The molecule has 0 aromatic carbocycles. The van der Waals surface area contributed by atoms with Gasteiger partial charge in [-0.2, -0.15) is 0 Å². The first-order chi connectivity index (χ1) is 6.34. The van der Waals surface area contributed by atoms with E-state index in [2.05, 4.69) is 4.90 Å². The lowest BCUT2D eigenvalue weighted by molar-refractivity contribution is -0.157. The summed E-state index contributed by atoms with van der Waals surface area (Å²) in [7, 11) is 0. The largest absolute Gasteiger partial charge is 0.377 e. The van der Waals surface area contributed by atoms with Crippen LogP contribution < -0.4 is 5.73 Å².